The molecule has 2 amide bonds. The largest absolute Gasteiger partial charge is 0.372 e. The fourth-order valence-electron chi connectivity index (χ4n) is 3.42. The van der Waals surface area contributed by atoms with Crippen LogP contribution in [-0.4, -0.2) is 105 Å². The maximum atomic E-state index is 12.5. The highest BCUT2D eigenvalue weighted by Gasteiger charge is 2.49. The fraction of sp³-hybridized carbons (Fsp3) is 0.875. The van der Waals surface area contributed by atoms with Crippen molar-refractivity contribution < 1.29 is 22.7 Å². The molecule has 0 aliphatic carbocycles. The molecule has 0 bridgehead atoms. The molecule has 25 heavy (non-hydrogen) atoms. The predicted octanol–water partition coefficient (Wildman–Crippen LogP) is -0.799. The van der Waals surface area contributed by atoms with Crippen molar-refractivity contribution >= 4 is 21.7 Å². The lowest BCUT2D eigenvalue weighted by Gasteiger charge is -2.44. The van der Waals surface area contributed by atoms with Gasteiger partial charge in [-0.2, -0.15) is 0 Å². The molecule has 0 aromatic rings. The van der Waals surface area contributed by atoms with Gasteiger partial charge in [0, 0.05) is 19.7 Å². The molecule has 2 atom stereocenters. The van der Waals surface area contributed by atoms with Crippen molar-refractivity contribution in [2.24, 2.45) is 0 Å². The summed E-state index contributed by atoms with van der Waals surface area (Å²) < 4.78 is 29.7. The van der Waals surface area contributed by atoms with Crippen LogP contribution in [0.15, 0.2) is 0 Å². The van der Waals surface area contributed by atoms with Crippen LogP contribution in [0.3, 0.4) is 0 Å². The molecule has 8 nitrogen and oxygen atoms in total. The number of hydrogen-bond donors (Lipinski definition) is 0. The highest BCUT2D eigenvalue weighted by molar-refractivity contribution is 7.91. The number of fused-ring (bicyclic) bond motifs is 1. The van der Waals surface area contributed by atoms with Gasteiger partial charge in [-0.05, 0) is 20.5 Å². The molecule has 2 aliphatic rings. The van der Waals surface area contributed by atoms with Gasteiger partial charge in [0.25, 0.3) is 0 Å². The second kappa shape index (κ2) is 8.46. The van der Waals surface area contributed by atoms with Crippen molar-refractivity contribution in [3.8, 4) is 0 Å². The first-order valence-corrected chi connectivity index (χ1v) is 10.6. The quantitative estimate of drug-likeness (QED) is 0.542. The Bertz CT molecular complexity index is 593. The van der Waals surface area contributed by atoms with E-state index in [2.05, 4.69) is 0 Å². The molecular formula is C16H29N3O5S. The number of nitrogens with zero attached hydrogens (tertiary/aromatic N) is 3. The van der Waals surface area contributed by atoms with E-state index in [1.165, 1.54) is 0 Å². The highest BCUT2D eigenvalue weighted by Crippen LogP contribution is 2.27. The highest BCUT2D eigenvalue weighted by atomic mass is 32.2. The first-order chi connectivity index (χ1) is 11.7. The van der Waals surface area contributed by atoms with E-state index in [0.717, 1.165) is 12.8 Å². The molecule has 144 valence electrons. The summed E-state index contributed by atoms with van der Waals surface area (Å²) in [5.41, 5.74) is 0. The molecule has 2 rings (SSSR count). The predicted molar refractivity (Wildman–Crippen MR) is 93.9 cm³/mol. The Labute approximate surface area is 150 Å². The van der Waals surface area contributed by atoms with Crippen LogP contribution in [0.2, 0.25) is 0 Å². The summed E-state index contributed by atoms with van der Waals surface area (Å²) in [6, 6.07) is -0.919. The number of amides is 2. The number of ether oxygens (including phenoxy) is 1. The zero-order valence-corrected chi connectivity index (χ0v) is 16.1. The van der Waals surface area contributed by atoms with Gasteiger partial charge in [0.2, 0.25) is 11.8 Å². The van der Waals surface area contributed by atoms with Gasteiger partial charge in [-0.25, -0.2) is 8.42 Å². The van der Waals surface area contributed by atoms with Crippen LogP contribution in [0, 0.1) is 0 Å². The van der Waals surface area contributed by atoms with Crippen LogP contribution in [0.4, 0.5) is 0 Å². The Hall–Kier alpha value is -1.19. The van der Waals surface area contributed by atoms with Gasteiger partial charge in [-0.15, -0.1) is 0 Å². The molecule has 2 saturated heterocycles. The van der Waals surface area contributed by atoms with Crippen molar-refractivity contribution in [1.29, 1.82) is 0 Å². The van der Waals surface area contributed by atoms with Crippen molar-refractivity contribution in [2.45, 2.75) is 31.8 Å². The normalized spacial score (nSPS) is 25.3. The van der Waals surface area contributed by atoms with Gasteiger partial charge in [0.05, 0.1) is 30.1 Å². The molecule has 0 radical (unpaired) electrons. The maximum absolute atomic E-state index is 12.5. The van der Waals surface area contributed by atoms with Crippen LogP contribution in [0.5, 0.6) is 0 Å². The number of sulfone groups is 1. The number of piperazine rings is 1. The molecule has 2 heterocycles. The van der Waals surface area contributed by atoms with Crippen LogP contribution < -0.4 is 0 Å². The van der Waals surface area contributed by atoms with Crippen LogP contribution in [-0.2, 0) is 24.2 Å². The standard InChI is InChI=1S/C16H29N3O5S/c1-4-5-8-24-10-16(21)19-7-6-18(15(20)9-17(2)3)13-11-25(22,23)12-14(13)19/h13-14H,4-12H2,1-3H3/t13-,14+/m0/s1. The van der Waals surface area contributed by atoms with Gasteiger partial charge in [-0.1, -0.05) is 13.3 Å². The molecule has 0 saturated carbocycles. The first kappa shape index (κ1) is 20.1. The topological polar surface area (TPSA) is 87.2 Å². The Morgan fingerprint density at radius 2 is 1.64 bits per heavy atom. The van der Waals surface area contributed by atoms with Crippen molar-refractivity contribution in [3.63, 3.8) is 0 Å². The smallest absolute Gasteiger partial charge is 0.248 e. The molecule has 9 heteroatoms. The third-order valence-corrected chi connectivity index (χ3v) is 6.33. The zero-order chi connectivity index (χ0) is 18.6. The number of carbonyl (C=O) groups is 2. The van der Waals surface area contributed by atoms with Crippen molar-refractivity contribution in [3.05, 3.63) is 0 Å². The third kappa shape index (κ3) is 5.15. The fourth-order valence-corrected chi connectivity index (χ4v) is 5.40. The molecule has 0 aromatic heterocycles. The lowest BCUT2D eigenvalue weighted by atomic mass is 10.0. The van der Waals surface area contributed by atoms with Gasteiger partial charge in [0.15, 0.2) is 9.84 Å². The molecule has 0 spiro atoms. The van der Waals surface area contributed by atoms with Gasteiger partial charge in [0.1, 0.15) is 6.61 Å². The monoisotopic (exact) mass is 375 g/mol. The van der Waals surface area contributed by atoms with E-state index < -0.39 is 21.9 Å². The average molecular weight is 375 g/mol. The molecule has 2 fully saturated rings. The van der Waals surface area contributed by atoms with Crippen molar-refractivity contribution in [1.82, 2.24) is 14.7 Å². The van der Waals surface area contributed by atoms with Crippen LogP contribution in [0.25, 0.3) is 0 Å². The van der Waals surface area contributed by atoms with Gasteiger partial charge >= 0.3 is 0 Å². The SMILES string of the molecule is CCCCOCC(=O)N1CCN(C(=O)CN(C)C)[C@H]2CS(=O)(=O)C[C@H]21. The summed E-state index contributed by atoms with van der Waals surface area (Å²) in [5.74, 6) is -0.437. The molecular weight excluding hydrogens is 346 g/mol. The number of rotatable bonds is 7. The summed E-state index contributed by atoms with van der Waals surface area (Å²) in [5, 5.41) is 0. The first-order valence-electron chi connectivity index (χ1n) is 8.77. The van der Waals surface area contributed by atoms with Crippen LogP contribution in [0.1, 0.15) is 19.8 Å². The minimum Gasteiger partial charge on any atom is -0.372 e. The van der Waals surface area contributed by atoms with Crippen molar-refractivity contribution in [2.75, 3.05) is 58.4 Å². The summed E-state index contributed by atoms with van der Waals surface area (Å²) in [6.45, 7) is 3.49. The second-order valence-corrected chi connectivity index (χ2v) is 9.18. The van der Waals surface area contributed by atoms with Crippen LogP contribution >= 0.6 is 0 Å². The summed E-state index contributed by atoms with van der Waals surface area (Å²) in [4.78, 5) is 29.9. The lowest BCUT2D eigenvalue weighted by Crippen LogP contribution is -2.63. The van der Waals surface area contributed by atoms with Gasteiger partial charge in [-0.3, -0.25) is 9.59 Å². The number of hydrogen-bond acceptors (Lipinski definition) is 6. The zero-order valence-electron chi connectivity index (χ0n) is 15.3. The van der Waals surface area contributed by atoms with E-state index in [1.807, 2.05) is 6.92 Å². The Morgan fingerprint density at radius 3 is 2.16 bits per heavy atom. The second-order valence-electron chi connectivity index (χ2n) is 7.03. The van der Waals surface area contributed by atoms with E-state index in [9.17, 15) is 18.0 Å². The Balaban J connectivity index is 2.06. The summed E-state index contributed by atoms with van der Waals surface area (Å²) in [7, 11) is 0.338. The average Bonchev–Trinajstić information content (AvgIpc) is 2.84. The minimum atomic E-state index is -3.26. The summed E-state index contributed by atoms with van der Waals surface area (Å²) >= 11 is 0. The summed E-state index contributed by atoms with van der Waals surface area (Å²) in [6.07, 6.45) is 1.88. The Kier molecular flexibility index (Phi) is 6.81. The van der Waals surface area contributed by atoms with E-state index >= 15 is 0 Å². The van der Waals surface area contributed by atoms with E-state index in [0.29, 0.717) is 19.7 Å². The van der Waals surface area contributed by atoms with Gasteiger partial charge < -0.3 is 19.4 Å². The molecule has 0 aromatic carbocycles. The lowest BCUT2D eigenvalue weighted by molar-refractivity contribution is -0.148. The number of likely N-dealkylation sites (N-methyl/N-ethyl adjacent to an activating group) is 1. The maximum Gasteiger partial charge on any atom is 0.248 e. The van der Waals surface area contributed by atoms with E-state index in [1.54, 1.807) is 28.8 Å². The molecule has 2 aliphatic heterocycles. The number of carbonyl (C=O) groups excluding carboxylic acids is 2. The minimum absolute atomic E-state index is 0.0328. The van der Waals surface area contributed by atoms with E-state index in [-0.39, 0.29) is 36.5 Å². The van der Waals surface area contributed by atoms with E-state index in [4.69, 9.17) is 4.74 Å². The molecule has 0 unspecified atom stereocenters. The number of unbranched alkanes of at least 4 members (excludes halogenated alkanes) is 1. The Morgan fingerprint density at radius 1 is 1.08 bits per heavy atom. The molecule has 0 N–H and O–H groups in total. The third-order valence-electron chi connectivity index (χ3n) is 4.64.